The lowest BCUT2D eigenvalue weighted by molar-refractivity contribution is -0.117. The first-order valence-electron chi connectivity index (χ1n) is 8.08. The fourth-order valence-corrected chi connectivity index (χ4v) is 2.63. The highest BCUT2D eigenvalue weighted by Gasteiger charge is 2.17. The molecule has 1 atom stereocenters. The molecule has 23 heavy (non-hydrogen) atoms. The number of piperazine rings is 1. The zero-order chi connectivity index (χ0) is 16.7. The Hall–Kier alpha value is -2.32. The molecule has 0 aromatic heterocycles. The number of likely N-dealkylation sites (N-methyl/N-ethyl adjacent to an activating group) is 1. The van der Waals surface area contributed by atoms with Crippen LogP contribution in [0.25, 0.3) is 0 Å². The molecule has 1 heterocycles. The van der Waals surface area contributed by atoms with E-state index in [1.165, 1.54) is 0 Å². The van der Waals surface area contributed by atoms with Crippen molar-refractivity contribution in [2.75, 3.05) is 32.7 Å². The number of nitrogens with one attached hydrogen (secondary N) is 1. The molecule has 1 amide bonds. The molecule has 5 nitrogen and oxygen atoms in total. The van der Waals surface area contributed by atoms with Crippen LogP contribution >= 0.6 is 0 Å². The van der Waals surface area contributed by atoms with Gasteiger partial charge in [0.05, 0.1) is 6.04 Å². The van der Waals surface area contributed by atoms with E-state index < -0.39 is 0 Å². The van der Waals surface area contributed by atoms with Crippen molar-refractivity contribution in [3.05, 3.63) is 47.7 Å². The highest BCUT2D eigenvalue weighted by Crippen LogP contribution is 2.12. The minimum atomic E-state index is -0.318. The van der Waals surface area contributed by atoms with Gasteiger partial charge in [0, 0.05) is 32.4 Å². The quantitative estimate of drug-likeness (QED) is 0.666. The summed E-state index contributed by atoms with van der Waals surface area (Å²) in [5, 5.41) is 12.2. The van der Waals surface area contributed by atoms with Crippen LogP contribution in [0.5, 0.6) is 0 Å². The van der Waals surface area contributed by atoms with Gasteiger partial charge >= 0.3 is 0 Å². The summed E-state index contributed by atoms with van der Waals surface area (Å²) in [4.78, 5) is 16.7. The topological polar surface area (TPSA) is 59.4 Å². The third-order valence-corrected chi connectivity index (χ3v) is 4.18. The highest BCUT2D eigenvalue weighted by molar-refractivity contribution is 5.97. The van der Waals surface area contributed by atoms with E-state index in [1.807, 2.05) is 43.3 Å². The van der Waals surface area contributed by atoms with Crippen molar-refractivity contribution < 1.29 is 4.79 Å². The standard InChI is InChI=1S/C18H24N4O/c1-3-21-9-11-22(12-10-21)14-17(13-19)18(23)20-15(2)16-7-5-4-6-8-16/h4-8,14-15H,3,9-12H2,1-2H3,(H,20,23)/b17-14-. The summed E-state index contributed by atoms with van der Waals surface area (Å²) in [6, 6.07) is 11.6. The van der Waals surface area contributed by atoms with Crippen molar-refractivity contribution in [3.63, 3.8) is 0 Å². The summed E-state index contributed by atoms with van der Waals surface area (Å²) in [6.07, 6.45) is 1.69. The molecular formula is C18H24N4O. The minimum Gasteiger partial charge on any atom is -0.374 e. The summed E-state index contributed by atoms with van der Waals surface area (Å²) >= 11 is 0. The number of carbonyl (C=O) groups is 1. The Kier molecular flexibility index (Phi) is 6.19. The first kappa shape index (κ1) is 17.0. The SMILES string of the molecule is CCN1CCN(/C=C(/C#N)C(=O)NC(C)c2ccccc2)CC1. The molecule has 122 valence electrons. The number of hydrogen-bond acceptors (Lipinski definition) is 4. The van der Waals surface area contributed by atoms with Gasteiger partial charge in [-0.25, -0.2) is 0 Å². The van der Waals surface area contributed by atoms with E-state index in [9.17, 15) is 10.1 Å². The van der Waals surface area contributed by atoms with Gasteiger partial charge in [0.2, 0.25) is 0 Å². The zero-order valence-electron chi connectivity index (χ0n) is 13.8. The van der Waals surface area contributed by atoms with Crippen LogP contribution in [-0.4, -0.2) is 48.4 Å². The van der Waals surface area contributed by atoms with Crippen molar-refractivity contribution in [2.24, 2.45) is 0 Å². The molecule has 1 unspecified atom stereocenters. The van der Waals surface area contributed by atoms with Crippen LogP contribution in [0, 0.1) is 11.3 Å². The van der Waals surface area contributed by atoms with Gasteiger partial charge < -0.3 is 15.1 Å². The van der Waals surface area contributed by atoms with Gasteiger partial charge in [-0.15, -0.1) is 0 Å². The Labute approximate surface area is 138 Å². The van der Waals surface area contributed by atoms with E-state index in [0.29, 0.717) is 0 Å². The number of benzene rings is 1. The van der Waals surface area contributed by atoms with Crippen molar-refractivity contribution in [2.45, 2.75) is 19.9 Å². The Morgan fingerprint density at radius 3 is 2.52 bits per heavy atom. The number of hydrogen-bond donors (Lipinski definition) is 1. The normalized spacial score (nSPS) is 17.4. The maximum atomic E-state index is 12.3. The Bertz CT molecular complexity index is 583. The molecule has 1 aliphatic rings. The molecule has 0 radical (unpaired) electrons. The molecule has 0 spiro atoms. The first-order chi connectivity index (χ1) is 11.1. The van der Waals surface area contributed by atoms with Crippen LogP contribution in [0.15, 0.2) is 42.1 Å². The molecule has 1 aromatic carbocycles. The second-order valence-electron chi connectivity index (χ2n) is 5.73. The van der Waals surface area contributed by atoms with Gasteiger partial charge in [-0.1, -0.05) is 37.3 Å². The lowest BCUT2D eigenvalue weighted by Gasteiger charge is -2.33. The maximum absolute atomic E-state index is 12.3. The van der Waals surface area contributed by atoms with Crippen molar-refractivity contribution in [3.8, 4) is 6.07 Å². The second-order valence-corrected chi connectivity index (χ2v) is 5.73. The van der Waals surface area contributed by atoms with Crippen LogP contribution in [0.3, 0.4) is 0 Å². The van der Waals surface area contributed by atoms with E-state index in [0.717, 1.165) is 38.3 Å². The molecule has 2 rings (SSSR count). The Morgan fingerprint density at radius 1 is 1.30 bits per heavy atom. The van der Waals surface area contributed by atoms with Gasteiger partial charge in [0.25, 0.3) is 5.91 Å². The average Bonchev–Trinajstić information content (AvgIpc) is 2.60. The summed E-state index contributed by atoms with van der Waals surface area (Å²) in [5.41, 5.74) is 1.19. The van der Waals surface area contributed by atoms with Crippen LogP contribution in [-0.2, 0) is 4.79 Å². The summed E-state index contributed by atoms with van der Waals surface area (Å²) < 4.78 is 0. The van der Waals surface area contributed by atoms with Crippen LogP contribution in [0.1, 0.15) is 25.5 Å². The van der Waals surface area contributed by atoms with Gasteiger partial charge in [-0.2, -0.15) is 5.26 Å². The average molecular weight is 312 g/mol. The summed E-state index contributed by atoms with van der Waals surface area (Å²) in [7, 11) is 0. The highest BCUT2D eigenvalue weighted by atomic mass is 16.1. The van der Waals surface area contributed by atoms with Crippen molar-refractivity contribution >= 4 is 5.91 Å². The minimum absolute atomic E-state index is 0.127. The zero-order valence-corrected chi connectivity index (χ0v) is 13.8. The second kappa shape index (κ2) is 8.35. The maximum Gasteiger partial charge on any atom is 0.263 e. The predicted octanol–water partition coefficient (Wildman–Crippen LogP) is 1.91. The molecule has 1 fully saturated rings. The van der Waals surface area contributed by atoms with E-state index in [1.54, 1.807) is 6.20 Å². The summed E-state index contributed by atoms with van der Waals surface area (Å²) in [6.45, 7) is 8.73. The van der Waals surface area contributed by atoms with E-state index in [-0.39, 0.29) is 17.5 Å². The largest absolute Gasteiger partial charge is 0.374 e. The van der Waals surface area contributed by atoms with E-state index in [4.69, 9.17) is 0 Å². The summed E-state index contributed by atoms with van der Waals surface area (Å²) in [5.74, 6) is -0.318. The number of nitrogens with zero attached hydrogens (tertiary/aromatic N) is 3. The molecule has 0 aliphatic carbocycles. The fraction of sp³-hybridized carbons (Fsp3) is 0.444. The number of carbonyl (C=O) groups excluding carboxylic acids is 1. The number of rotatable bonds is 5. The smallest absolute Gasteiger partial charge is 0.263 e. The molecule has 1 aromatic rings. The molecular weight excluding hydrogens is 288 g/mol. The van der Waals surface area contributed by atoms with Crippen LogP contribution in [0.4, 0.5) is 0 Å². The molecule has 5 heteroatoms. The Morgan fingerprint density at radius 2 is 1.96 bits per heavy atom. The molecule has 0 saturated carbocycles. The van der Waals surface area contributed by atoms with Crippen molar-refractivity contribution in [1.82, 2.24) is 15.1 Å². The molecule has 1 aliphatic heterocycles. The van der Waals surface area contributed by atoms with Crippen LogP contribution in [0.2, 0.25) is 0 Å². The fourth-order valence-electron chi connectivity index (χ4n) is 2.63. The van der Waals surface area contributed by atoms with Gasteiger partial charge in [0.1, 0.15) is 11.6 Å². The first-order valence-corrected chi connectivity index (χ1v) is 8.08. The third kappa shape index (κ3) is 4.83. The van der Waals surface area contributed by atoms with E-state index >= 15 is 0 Å². The monoisotopic (exact) mass is 312 g/mol. The van der Waals surface area contributed by atoms with Crippen molar-refractivity contribution in [1.29, 1.82) is 5.26 Å². The predicted molar refractivity (Wildman–Crippen MR) is 90.4 cm³/mol. The molecule has 1 saturated heterocycles. The molecule has 1 N–H and O–H groups in total. The number of amides is 1. The number of nitriles is 1. The van der Waals surface area contributed by atoms with Crippen LogP contribution < -0.4 is 5.32 Å². The van der Waals surface area contributed by atoms with Gasteiger partial charge in [-0.3, -0.25) is 4.79 Å². The Balaban J connectivity index is 1.96. The third-order valence-electron chi connectivity index (χ3n) is 4.18. The van der Waals surface area contributed by atoms with Gasteiger partial charge in [0.15, 0.2) is 0 Å². The lowest BCUT2D eigenvalue weighted by atomic mass is 10.1. The van der Waals surface area contributed by atoms with Gasteiger partial charge in [-0.05, 0) is 19.0 Å². The lowest BCUT2D eigenvalue weighted by Crippen LogP contribution is -2.44. The molecule has 0 bridgehead atoms. The van der Waals surface area contributed by atoms with E-state index in [2.05, 4.69) is 22.0 Å².